The van der Waals surface area contributed by atoms with Gasteiger partial charge in [-0.2, -0.15) is 0 Å². The smallest absolute Gasteiger partial charge is 0.255 e. The first-order valence-electron chi connectivity index (χ1n) is 11.1. The van der Waals surface area contributed by atoms with Crippen molar-refractivity contribution in [1.82, 2.24) is 9.97 Å². The minimum atomic E-state index is -0.867. The van der Waals surface area contributed by atoms with Crippen molar-refractivity contribution in [2.45, 2.75) is 37.8 Å². The molecule has 4 rings (SSSR count). The third kappa shape index (κ3) is 5.87. The molecule has 1 unspecified atom stereocenters. The lowest BCUT2D eigenvalue weighted by Gasteiger charge is -2.30. The van der Waals surface area contributed by atoms with Crippen LogP contribution in [0.25, 0.3) is 0 Å². The van der Waals surface area contributed by atoms with Crippen LogP contribution < -0.4 is 27.4 Å². The van der Waals surface area contributed by atoms with E-state index in [0.717, 1.165) is 31.7 Å². The normalized spacial score (nSPS) is 17.5. The lowest BCUT2D eigenvalue weighted by molar-refractivity contribution is 0.0997. The predicted octanol–water partition coefficient (Wildman–Crippen LogP) is 3.53. The Morgan fingerprint density at radius 2 is 1.69 bits per heavy atom. The molecule has 1 aliphatic rings. The average Bonchev–Trinajstić information content (AvgIpc) is 2.83. The number of hydrogen-bond donors (Lipinski definition) is 5. The molecule has 1 aromatic carbocycles. The summed E-state index contributed by atoms with van der Waals surface area (Å²) in [6.07, 6.45) is 6.45. The Morgan fingerprint density at radius 1 is 0.971 bits per heavy atom. The molecule has 0 saturated heterocycles. The number of carbonyl (C=O) groups is 2. The molecule has 9 nitrogen and oxygen atoms in total. The Kier molecular flexibility index (Phi) is 7.16. The summed E-state index contributed by atoms with van der Waals surface area (Å²) in [5, 5.41) is 8.62. The molecule has 2 atom stereocenters. The summed E-state index contributed by atoms with van der Waals surface area (Å²) in [7, 11) is 0. The number of nitrogens with one attached hydrogen (secondary N) is 3. The number of carbonyl (C=O) groups excluding carboxylic acids is 2. The highest BCUT2D eigenvalue weighted by atomic mass is 19.1. The van der Waals surface area contributed by atoms with Crippen molar-refractivity contribution in [3.05, 3.63) is 71.6 Å². The second kappa shape index (κ2) is 10.4. The van der Waals surface area contributed by atoms with Crippen LogP contribution in [-0.2, 0) is 0 Å². The molecule has 2 heterocycles. The highest BCUT2D eigenvalue weighted by Crippen LogP contribution is 2.27. The quantitative estimate of drug-likeness (QED) is 0.347. The standard InChI is InChI=1S/C24H25F2N7O2/c25-14-7-5-13(6-8-14)24(35)31-16-9-15(11-29-12-16)30-22-17(21(28)34)10-18(26)23(33-22)32-20-4-2-1-3-19(20)27/h5-12,19-20H,1-4,27H2,(H2,28,34)(H,31,35)(H2,30,32,33)/t19?,20-/m1/s1. The second-order valence-electron chi connectivity index (χ2n) is 8.33. The molecule has 35 heavy (non-hydrogen) atoms. The van der Waals surface area contributed by atoms with Crippen molar-refractivity contribution in [3.63, 3.8) is 0 Å². The summed E-state index contributed by atoms with van der Waals surface area (Å²) in [4.78, 5) is 32.7. The summed E-state index contributed by atoms with van der Waals surface area (Å²) in [6.45, 7) is 0. The largest absolute Gasteiger partial charge is 0.365 e. The fraction of sp³-hybridized carbons (Fsp3) is 0.250. The number of primary amides is 1. The molecule has 0 aliphatic heterocycles. The molecule has 2 aromatic heterocycles. The summed E-state index contributed by atoms with van der Waals surface area (Å²) in [5.74, 6) is -2.53. The second-order valence-corrected chi connectivity index (χ2v) is 8.33. The SMILES string of the molecule is NC(=O)c1cc(F)c(N[C@@H]2CCCCC2N)nc1Nc1cncc(NC(=O)c2ccc(F)cc2)c1. The van der Waals surface area contributed by atoms with Gasteiger partial charge in [0.2, 0.25) is 0 Å². The molecule has 2 amide bonds. The van der Waals surface area contributed by atoms with Crippen molar-refractivity contribution in [2.24, 2.45) is 11.5 Å². The van der Waals surface area contributed by atoms with Gasteiger partial charge in [0, 0.05) is 17.6 Å². The van der Waals surface area contributed by atoms with Crippen LogP contribution >= 0.6 is 0 Å². The Morgan fingerprint density at radius 3 is 2.40 bits per heavy atom. The Balaban J connectivity index is 1.56. The maximum Gasteiger partial charge on any atom is 0.255 e. The van der Waals surface area contributed by atoms with Gasteiger partial charge in [-0.1, -0.05) is 12.8 Å². The van der Waals surface area contributed by atoms with E-state index >= 15 is 0 Å². The zero-order valence-corrected chi connectivity index (χ0v) is 18.7. The van der Waals surface area contributed by atoms with Gasteiger partial charge in [0.05, 0.1) is 29.3 Å². The molecule has 182 valence electrons. The van der Waals surface area contributed by atoms with Crippen LogP contribution in [0.2, 0.25) is 0 Å². The topological polar surface area (TPSA) is 148 Å². The van der Waals surface area contributed by atoms with E-state index in [1.165, 1.54) is 36.7 Å². The third-order valence-corrected chi connectivity index (χ3v) is 5.75. The Hall–Kier alpha value is -4.12. The summed E-state index contributed by atoms with van der Waals surface area (Å²) in [5.41, 5.74) is 12.4. The zero-order valence-electron chi connectivity index (χ0n) is 18.7. The van der Waals surface area contributed by atoms with Gasteiger partial charge in [0.1, 0.15) is 11.6 Å². The first-order valence-corrected chi connectivity index (χ1v) is 11.1. The van der Waals surface area contributed by atoms with Gasteiger partial charge in [-0.15, -0.1) is 0 Å². The molecule has 3 aromatic rings. The number of nitrogens with zero attached hydrogens (tertiary/aromatic N) is 2. The number of benzene rings is 1. The van der Waals surface area contributed by atoms with E-state index in [4.69, 9.17) is 11.5 Å². The van der Waals surface area contributed by atoms with Crippen LogP contribution in [0.15, 0.2) is 48.8 Å². The number of amides is 2. The van der Waals surface area contributed by atoms with E-state index in [1.807, 2.05) is 0 Å². The zero-order chi connectivity index (χ0) is 24.9. The van der Waals surface area contributed by atoms with Gasteiger partial charge in [-0.05, 0) is 49.2 Å². The maximum absolute atomic E-state index is 14.7. The molecule has 1 fully saturated rings. The van der Waals surface area contributed by atoms with E-state index in [0.29, 0.717) is 11.4 Å². The fourth-order valence-corrected chi connectivity index (χ4v) is 3.91. The lowest BCUT2D eigenvalue weighted by Crippen LogP contribution is -2.43. The van der Waals surface area contributed by atoms with E-state index in [-0.39, 0.29) is 34.8 Å². The van der Waals surface area contributed by atoms with E-state index in [2.05, 4.69) is 25.9 Å². The molecule has 1 saturated carbocycles. The molecular weight excluding hydrogens is 456 g/mol. The first-order chi connectivity index (χ1) is 16.8. The predicted molar refractivity (Wildman–Crippen MR) is 128 cm³/mol. The molecule has 0 spiro atoms. The average molecular weight is 482 g/mol. The van der Waals surface area contributed by atoms with E-state index in [1.54, 1.807) is 6.07 Å². The minimum Gasteiger partial charge on any atom is -0.365 e. The number of nitrogens with two attached hydrogens (primary N) is 2. The Bertz CT molecular complexity index is 1240. The van der Waals surface area contributed by atoms with Crippen molar-refractivity contribution in [3.8, 4) is 0 Å². The third-order valence-electron chi connectivity index (χ3n) is 5.75. The summed E-state index contributed by atoms with van der Waals surface area (Å²) >= 11 is 0. The monoisotopic (exact) mass is 481 g/mol. The number of rotatable bonds is 7. The molecule has 1 aliphatic carbocycles. The fourth-order valence-electron chi connectivity index (χ4n) is 3.91. The van der Waals surface area contributed by atoms with Gasteiger partial charge < -0.3 is 27.4 Å². The van der Waals surface area contributed by atoms with Crippen molar-refractivity contribution >= 4 is 34.8 Å². The molecule has 0 bridgehead atoms. The van der Waals surface area contributed by atoms with Crippen LogP contribution in [0.3, 0.4) is 0 Å². The van der Waals surface area contributed by atoms with Crippen LogP contribution in [0.1, 0.15) is 46.4 Å². The summed E-state index contributed by atoms with van der Waals surface area (Å²) < 4.78 is 27.8. The van der Waals surface area contributed by atoms with Gasteiger partial charge in [0.25, 0.3) is 11.8 Å². The van der Waals surface area contributed by atoms with Crippen LogP contribution in [0, 0.1) is 11.6 Å². The van der Waals surface area contributed by atoms with Gasteiger partial charge in [-0.25, -0.2) is 13.8 Å². The van der Waals surface area contributed by atoms with E-state index < -0.39 is 23.4 Å². The molecule has 11 heteroatoms. The van der Waals surface area contributed by atoms with Crippen molar-refractivity contribution < 1.29 is 18.4 Å². The molecule has 7 N–H and O–H groups in total. The Labute approximate surface area is 200 Å². The number of pyridine rings is 2. The van der Waals surface area contributed by atoms with E-state index in [9.17, 15) is 18.4 Å². The minimum absolute atomic E-state index is 0.0228. The highest BCUT2D eigenvalue weighted by Gasteiger charge is 2.24. The maximum atomic E-state index is 14.7. The lowest BCUT2D eigenvalue weighted by atomic mass is 9.91. The highest BCUT2D eigenvalue weighted by molar-refractivity contribution is 6.04. The van der Waals surface area contributed by atoms with Crippen molar-refractivity contribution in [2.75, 3.05) is 16.0 Å². The number of hydrogen-bond acceptors (Lipinski definition) is 7. The summed E-state index contributed by atoms with van der Waals surface area (Å²) in [6, 6.07) is 7.36. The van der Waals surface area contributed by atoms with Gasteiger partial charge in [-0.3, -0.25) is 14.6 Å². The van der Waals surface area contributed by atoms with Gasteiger partial charge >= 0.3 is 0 Å². The van der Waals surface area contributed by atoms with Crippen LogP contribution in [0.5, 0.6) is 0 Å². The van der Waals surface area contributed by atoms with Crippen molar-refractivity contribution in [1.29, 1.82) is 0 Å². The first kappa shape index (κ1) is 24.0. The molecular formula is C24H25F2N7O2. The van der Waals surface area contributed by atoms with Crippen LogP contribution in [-0.4, -0.2) is 33.9 Å². The number of halogens is 2. The van der Waals surface area contributed by atoms with Gasteiger partial charge in [0.15, 0.2) is 11.6 Å². The molecule has 0 radical (unpaired) electrons. The van der Waals surface area contributed by atoms with Crippen LogP contribution in [0.4, 0.5) is 31.8 Å². The number of aromatic nitrogens is 2. The number of anilines is 4.